The smallest absolute Gasteiger partial charge is 0.178 e. The second-order valence-corrected chi connectivity index (χ2v) is 8.31. The first-order valence-corrected chi connectivity index (χ1v) is 9.93. The molecule has 0 saturated carbocycles. The van der Waals surface area contributed by atoms with Gasteiger partial charge in [-0.25, -0.2) is 17.2 Å². The molecule has 6 heteroatoms. The van der Waals surface area contributed by atoms with Crippen LogP contribution in [-0.2, 0) is 9.84 Å². The van der Waals surface area contributed by atoms with E-state index in [0.29, 0.717) is 16.7 Å². The van der Waals surface area contributed by atoms with Gasteiger partial charge in [0.25, 0.3) is 0 Å². The lowest BCUT2D eigenvalue weighted by Crippen LogP contribution is -2.00. The minimum atomic E-state index is -3.61. The molecule has 2 aromatic carbocycles. The summed E-state index contributed by atoms with van der Waals surface area (Å²) in [7, 11) is -3.61. The molecule has 0 N–H and O–H groups in total. The highest BCUT2D eigenvalue weighted by Gasteiger charge is 2.16. The highest BCUT2D eigenvalue weighted by Crippen LogP contribution is 2.36. The molecule has 24 heavy (non-hydrogen) atoms. The molecular weight excluding hydrogens is 350 g/mol. The van der Waals surface area contributed by atoms with Crippen LogP contribution < -0.4 is 0 Å². The molecule has 0 amide bonds. The Morgan fingerprint density at radius 3 is 1.92 bits per heavy atom. The molecule has 0 unspecified atom stereocenters. The molecule has 0 fully saturated rings. The first-order valence-electron chi connectivity index (χ1n) is 7.10. The van der Waals surface area contributed by atoms with Crippen molar-refractivity contribution in [1.29, 1.82) is 0 Å². The number of sulfone groups is 1. The fraction of sp³-hybridized carbons (Fsp3) is 0.111. The van der Waals surface area contributed by atoms with Crippen molar-refractivity contribution in [3.8, 4) is 22.3 Å². The second kappa shape index (κ2) is 6.11. The summed E-state index contributed by atoms with van der Waals surface area (Å²) < 4.78 is 51.0. The predicted octanol–water partition coefficient (Wildman–Crippen LogP) is 5.07. The SMILES string of the molecule is Cc1ccc(-c2cscc2-c2ccc(S(C)(=O)=O)c(F)c2)cc1F. The van der Waals surface area contributed by atoms with Crippen molar-refractivity contribution < 1.29 is 17.2 Å². The lowest BCUT2D eigenvalue weighted by molar-refractivity contribution is 0.571. The Balaban J connectivity index is 2.11. The van der Waals surface area contributed by atoms with Crippen molar-refractivity contribution in [2.24, 2.45) is 0 Å². The van der Waals surface area contributed by atoms with Gasteiger partial charge in [-0.05, 0) is 52.6 Å². The lowest BCUT2D eigenvalue weighted by Gasteiger charge is -2.08. The Morgan fingerprint density at radius 1 is 0.875 bits per heavy atom. The zero-order chi connectivity index (χ0) is 17.5. The van der Waals surface area contributed by atoms with Crippen molar-refractivity contribution in [2.45, 2.75) is 11.8 Å². The third-order valence-electron chi connectivity index (χ3n) is 3.79. The maximum atomic E-state index is 14.2. The highest BCUT2D eigenvalue weighted by molar-refractivity contribution is 7.90. The van der Waals surface area contributed by atoms with Crippen LogP contribution in [0.4, 0.5) is 8.78 Å². The van der Waals surface area contributed by atoms with E-state index in [-0.39, 0.29) is 10.7 Å². The van der Waals surface area contributed by atoms with Gasteiger partial charge in [-0.2, -0.15) is 11.3 Å². The minimum Gasteiger partial charge on any atom is -0.224 e. The summed E-state index contributed by atoms with van der Waals surface area (Å²) in [6.45, 7) is 1.69. The van der Waals surface area contributed by atoms with Crippen LogP contribution >= 0.6 is 11.3 Å². The molecule has 0 radical (unpaired) electrons. The van der Waals surface area contributed by atoms with Crippen LogP contribution in [0.1, 0.15) is 5.56 Å². The molecule has 3 aromatic rings. The largest absolute Gasteiger partial charge is 0.224 e. The van der Waals surface area contributed by atoms with Gasteiger partial charge in [-0.3, -0.25) is 0 Å². The van der Waals surface area contributed by atoms with Gasteiger partial charge in [0.1, 0.15) is 16.5 Å². The van der Waals surface area contributed by atoms with E-state index in [9.17, 15) is 17.2 Å². The summed E-state index contributed by atoms with van der Waals surface area (Å²) in [6, 6.07) is 8.98. The van der Waals surface area contributed by atoms with E-state index in [1.807, 2.05) is 16.8 Å². The van der Waals surface area contributed by atoms with Gasteiger partial charge in [0.15, 0.2) is 9.84 Å². The molecule has 1 heterocycles. The molecule has 3 rings (SSSR count). The van der Waals surface area contributed by atoms with Gasteiger partial charge >= 0.3 is 0 Å². The van der Waals surface area contributed by atoms with E-state index >= 15 is 0 Å². The summed E-state index contributed by atoms with van der Waals surface area (Å²) in [6.07, 6.45) is 0.968. The summed E-state index contributed by atoms with van der Waals surface area (Å²) >= 11 is 1.42. The molecule has 0 atom stereocenters. The van der Waals surface area contributed by atoms with Crippen LogP contribution in [0.2, 0.25) is 0 Å². The molecule has 1 aromatic heterocycles. The number of hydrogen-bond donors (Lipinski definition) is 0. The van der Waals surface area contributed by atoms with Gasteiger partial charge in [-0.15, -0.1) is 0 Å². The van der Waals surface area contributed by atoms with E-state index in [0.717, 1.165) is 17.4 Å². The molecule has 0 spiro atoms. The first kappa shape index (κ1) is 16.8. The molecule has 0 bridgehead atoms. The van der Waals surface area contributed by atoms with Crippen LogP contribution in [0.15, 0.2) is 52.1 Å². The first-order chi connectivity index (χ1) is 11.3. The monoisotopic (exact) mass is 364 g/mol. The fourth-order valence-electron chi connectivity index (χ4n) is 2.47. The average molecular weight is 364 g/mol. The maximum Gasteiger partial charge on any atom is 0.178 e. The summed E-state index contributed by atoms with van der Waals surface area (Å²) in [5.41, 5.74) is 3.32. The van der Waals surface area contributed by atoms with Gasteiger partial charge in [-0.1, -0.05) is 18.2 Å². The number of rotatable bonds is 3. The van der Waals surface area contributed by atoms with Gasteiger partial charge in [0, 0.05) is 17.4 Å². The summed E-state index contributed by atoms with van der Waals surface area (Å²) in [5.74, 6) is -1.09. The molecule has 124 valence electrons. The standard InChI is InChI=1S/C18H14F2O2S2/c1-11-3-4-12(7-16(11)19)14-9-23-10-15(14)13-5-6-18(17(20)8-13)24(2,21)22/h3-10H,1-2H3. The van der Waals surface area contributed by atoms with E-state index in [1.165, 1.54) is 29.5 Å². The fourth-order valence-corrected chi connectivity index (χ4v) is 4.07. The van der Waals surface area contributed by atoms with Crippen molar-refractivity contribution in [2.75, 3.05) is 6.26 Å². The number of thiophene rings is 1. The van der Waals surface area contributed by atoms with Crippen LogP contribution in [0.25, 0.3) is 22.3 Å². The van der Waals surface area contributed by atoms with Crippen LogP contribution in [0.5, 0.6) is 0 Å². The third kappa shape index (κ3) is 3.12. The normalized spacial score (nSPS) is 11.7. The second-order valence-electron chi connectivity index (χ2n) is 5.58. The molecule has 0 aliphatic rings. The molecule has 0 saturated heterocycles. The van der Waals surface area contributed by atoms with Gasteiger partial charge in [0.2, 0.25) is 0 Å². The predicted molar refractivity (Wildman–Crippen MR) is 93.0 cm³/mol. The van der Waals surface area contributed by atoms with Crippen molar-refractivity contribution >= 4 is 21.2 Å². The Hall–Kier alpha value is -2.05. The number of hydrogen-bond acceptors (Lipinski definition) is 3. The molecular formula is C18H14F2O2S2. The lowest BCUT2D eigenvalue weighted by atomic mass is 9.98. The molecule has 0 aliphatic heterocycles. The summed E-state index contributed by atoms with van der Waals surface area (Å²) in [4.78, 5) is -0.329. The Kier molecular flexibility index (Phi) is 4.27. The zero-order valence-corrected chi connectivity index (χ0v) is 14.6. The summed E-state index contributed by atoms with van der Waals surface area (Å²) in [5, 5.41) is 3.70. The van der Waals surface area contributed by atoms with E-state index in [1.54, 1.807) is 19.1 Å². The quantitative estimate of drug-likeness (QED) is 0.650. The molecule has 2 nitrogen and oxygen atoms in total. The van der Waals surface area contributed by atoms with Gasteiger partial charge in [0.05, 0.1) is 0 Å². The zero-order valence-electron chi connectivity index (χ0n) is 13.0. The van der Waals surface area contributed by atoms with Crippen LogP contribution in [-0.4, -0.2) is 14.7 Å². The highest BCUT2D eigenvalue weighted by atomic mass is 32.2. The number of halogens is 2. The van der Waals surface area contributed by atoms with E-state index in [4.69, 9.17) is 0 Å². The Bertz CT molecular complexity index is 1020. The number of aryl methyl sites for hydroxylation is 1. The van der Waals surface area contributed by atoms with E-state index in [2.05, 4.69) is 0 Å². The topological polar surface area (TPSA) is 34.1 Å². The Labute approximate surface area is 143 Å². The Morgan fingerprint density at radius 2 is 1.42 bits per heavy atom. The van der Waals surface area contributed by atoms with E-state index < -0.39 is 15.7 Å². The van der Waals surface area contributed by atoms with Crippen molar-refractivity contribution in [3.05, 3.63) is 64.4 Å². The van der Waals surface area contributed by atoms with Crippen LogP contribution in [0, 0.1) is 18.6 Å². The van der Waals surface area contributed by atoms with Gasteiger partial charge < -0.3 is 0 Å². The average Bonchev–Trinajstić information content (AvgIpc) is 2.98. The van der Waals surface area contributed by atoms with Crippen LogP contribution in [0.3, 0.4) is 0 Å². The minimum absolute atomic E-state index is 0.303. The third-order valence-corrected chi connectivity index (χ3v) is 5.66. The molecule has 0 aliphatic carbocycles. The van der Waals surface area contributed by atoms with Crippen molar-refractivity contribution in [1.82, 2.24) is 0 Å². The number of benzene rings is 2. The van der Waals surface area contributed by atoms with Crippen molar-refractivity contribution in [3.63, 3.8) is 0 Å². The maximum absolute atomic E-state index is 14.2.